The Labute approximate surface area is 120 Å². The summed E-state index contributed by atoms with van der Waals surface area (Å²) in [7, 11) is 0. The number of hydrogen-bond donors (Lipinski definition) is 2. The number of carbonyl (C=O) groups excluding carboxylic acids is 1. The van der Waals surface area contributed by atoms with E-state index in [2.05, 4.69) is 10.4 Å². The van der Waals surface area contributed by atoms with E-state index in [4.69, 9.17) is 5.11 Å². The van der Waals surface area contributed by atoms with Gasteiger partial charge in [-0.15, -0.1) is 11.3 Å². The highest BCUT2D eigenvalue weighted by Crippen LogP contribution is 2.20. The van der Waals surface area contributed by atoms with Gasteiger partial charge in [-0.25, -0.2) is 4.79 Å². The molecule has 20 heavy (non-hydrogen) atoms. The molecule has 0 aliphatic heterocycles. The first-order valence-electron chi connectivity index (χ1n) is 6.11. The monoisotopic (exact) mass is 293 g/mol. The number of carboxylic acids is 1. The number of rotatable bonds is 5. The number of nitrogens with zero attached hydrogens (tertiary/aromatic N) is 2. The summed E-state index contributed by atoms with van der Waals surface area (Å²) in [5.74, 6) is -1.21. The highest BCUT2D eigenvalue weighted by atomic mass is 32.1. The van der Waals surface area contributed by atoms with Crippen LogP contribution in [0.4, 0.5) is 5.00 Å². The summed E-state index contributed by atoms with van der Waals surface area (Å²) in [5, 5.41) is 17.8. The number of carbonyl (C=O) groups is 2. The molecular weight excluding hydrogens is 278 g/mol. The van der Waals surface area contributed by atoms with Crippen LogP contribution >= 0.6 is 11.3 Å². The van der Waals surface area contributed by atoms with Gasteiger partial charge in [0.05, 0.1) is 22.7 Å². The van der Waals surface area contributed by atoms with Crippen LogP contribution in [0.2, 0.25) is 0 Å². The van der Waals surface area contributed by atoms with Crippen LogP contribution in [0.5, 0.6) is 0 Å². The fourth-order valence-electron chi connectivity index (χ4n) is 1.62. The Morgan fingerprint density at radius 3 is 2.80 bits per heavy atom. The molecule has 0 unspecified atom stereocenters. The first-order valence-corrected chi connectivity index (χ1v) is 6.99. The number of aromatic carboxylic acids is 1. The zero-order valence-electron chi connectivity index (χ0n) is 11.2. The van der Waals surface area contributed by atoms with Crippen molar-refractivity contribution in [3.8, 4) is 0 Å². The number of amides is 1. The number of anilines is 1. The van der Waals surface area contributed by atoms with Crippen molar-refractivity contribution in [1.29, 1.82) is 0 Å². The Morgan fingerprint density at radius 1 is 1.50 bits per heavy atom. The molecule has 2 heterocycles. The lowest BCUT2D eigenvalue weighted by atomic mass is 10.3. The Hall–Kier alpha value is -2.15. The number of carboxylic acid groups (broad SMARTS) is 1. The highest BCUT2D eigenvalue weighted by Gasteiger charge is 2.11. The van der Waals surface area contributed by atoms with E-state index in [0.717, 1.165) is 0 Å². The summed E-state index contributed by atoms with van der Waals surface area (Å²) in [4.78, 5) is 22.6. The molecule has 6 nitrogen and oxygen atoms in total. The fraction of sp³-hybridized carbons (Fsp3) is 0.308. The van der Waals surface area contributed by atoms with E-state index in [9.17, 15) is 9.59 Å². The van der Waals surface area contributed by atoms with Crippen molar-refractivity contribution in [3.05, 3.63) is 35.0 Å². The molecule has 0 saturated carbocycles. The zero-order valence-corrected chi connectivity index (χ0v) is 12.0. The van der Waals surface area contributed by atoms with Gasteiger partial charge in [0.2, 0.25) is 5.91 Å². The average molecular weight is 293 g/mol. The Bertz CT molecular complexity index is 630. The van der Waals surface area contributed by atoms with Gasteiger partial charge in [-0.3, -0.25) is 9.48 Å². The predicted molar refractivity (Wildman–Crippen MR) is 76.2 cm³/mol. The lowest BCUT2D eigenvalue weighted by Crippen LogP contribution is -2.14. The summed E-state index contributed by atoms with van der Waals surface area (Å²) in [6, 6.07) is 3.50. The predicted octanol–water partition coefficient (Wildman–Crippen LogP) is 2.40. The summed E-state index contributed by atoms with van der Waals surface area (Å²) >= 11 is 1.19. The van der Waals surface area contributed by atoms with Crippen molar-refractivity contribution in [3.63, 3.8) is 0 Å². The lowest BCUT2D eigenvalue weighted by molar-refractivity contribution is -0.115. The van der Waals surface area contributed by atoms with Gasteiger partial charge in [-0.1, -0.05) is 0 Å². The molecule has 0 fully saturated rings. The van der Waals surface area contributed by atoms with E-state index in [1.54, 1.807) is 10.7 Å². The van der Waals surface area contributed by atoms with Crippen LogP contribution < -0.4 is 5.32 Å². The molecule has 0 bridgehead atoms. The Morgan fingerprint density at radius 2 is 2.25 bits per heavy atom. The van der Waals surface area contributed by atoms with E-state index < -0.39 is 5.97 Å². The molecule has 0 saturated heterocycles. The molecule has 0 aromatic carbocycles. The highest BCUT2D eigenvalue weighted by molar-refractivity contribution is 7.14. The van der Waals surface area contributed by atoms with Crippen molar-refractivity contribution >= 4 is 28.2 Å². The lowest BCUT2D eigenvalue weighted by Gasteiger charge is -2.04. The number of aromatic nitrogens is 2. The van der Waals surface area contributed by atoms with E-state index in [-0.39, 0.29) is 23.9 Å². The molecule has 7 heteroatoms. The van der Waals surface area contributed by atoms with Crippen LogP contribution in [0.25, 0.3) is 0 Å². The van der Waals surface area contributed by atoms with Crippen molar-refractivity contribution in [2.75, 3.05) is 5.32 Å². The molecular formula is C13H15N3O3S. The second-order valence-electron chi connectivity index (χ2n) is 4.61. The van der Waals surface area contributed by atoms with Crippen LogP contribution in [-0.4, -0.2) is 26.8 Å². The molecule has 2 aromatic rings. The van der Waals surface area contributed by atoms with Crippen LogP contribution in [0.1, 0.15) is 35.9 Å². The Balaban J connectivity index is 1.95. The van der Waals surface area contributed by atoms with Crippen molar-refractivity contribution in [1.82, 2.24) is 9.78 Å². The molecule has 0 aliphatic carbocycles. The first kappa shape index (κ1) is 14.3. The second-order valence-corrected chi connectivity index (χ2v) is 5.52. The largest absolute Gasteiger partial charge is 0.478 e. The first-order chi connectivity index (χ1) is 9.45. The van der Waals surface area contributed by atoms with Crippen LogP contribution in [0.3, 0.4) is 0 Å². The van der Waals surface area contributed by atoms with E-state index in [1.807, 2.05) is 20.0 Å². The normalized spacial score (nSPS) is 10.8. The molecule has 1 amide bonds. The zero-order chi connectivity index (χ0) is 14.7. The van der Waals surface area contributed by atoms with E-state index >= 15 is 0 Å². The van der Waals surface area contributed by atoms with Crippen molar-refractivity contribution < 1.29 is 14.7 Å². The molecule has 106 valence electrons. The average Bonchev–Trinajstić information content (AvgIpc) is 2.98. The maximum absolute atomic E-state index is 11.8. The topological polar surface area (TPSA) is 84.2 Å². The van der Waals surface area contributed by atoms with Gasteiger partial charge in [0.1, 0.15) is 0 Å². The van der Waals surface area contributed by atoms with Crippen molar-refractivity contribution in [2.24, 2.45) is 0 Å². The summed E-state index contributed by atoms with van der Waals surface area (Å²) in [6.07, 6.45) is 2.00. The molecule has 0 radical (unpaired) electrons. The van der Waals surface area contributed by atoms with Crippen molar-refractivity contribution in [2.45, 2.75) is 26.3 Å². The van der Waals surface area contributed by atoms with E-state index in [1.165, 1.54) is 22.8 Å². The summed E-state index contributed by atoms with van der Waals surface area (Å²) in [6.45, 7) is 4.02. The van der Waals surface area contributed by atoms with Crippen LogP contribution in [0.15, 0.2) is 23.7 Å². The molecule has 2 rings (SSSR count). The standard InChI is InChI=1S/C13H15N3O3S/c1-8(2)16-4-3-10(15-16)6-11(17)14-12-5-9(7-20-12)13(18)19/h3-5,7-8H,6H2,1-2H3,(H,14,17)(H,18,19). The van der Waals surface area contributed by atoms with Gasteiger partial charge in [0.15, 0.2) is 0 Å². The fourth-order valence-corrected chi connectivity index (χ4v) is 2.41. The molecule has 2 aromatic heterocycles. The van der Waals surface area contributed by atoms with E-state index in [0.29, 0.717) is 10.7 Å². The summed E-state index contributed by atoms with van der Waals surface area (Å²) < 4.78 is 1.79. The maximum atomic E-state index is 11.8. The molecule has 0 spiro atoms. The van der Waals surface area contributed by atoms with Gasteiger partial charge < -0.3 is 10.4 Å². The smallest absolute Gasteiger partial charge is 0.336 e. The quantitative estimate of drug-likeness (QED) is 0.886. The molecule has 0 atom stereocenters. The van der Waals surface area contributed by atoms with Gasteiger partial charge in [0, 0.05) is 17.6 Å². The van der Waals surface area contributed by atoms with Crippen LogP contribution in [-0.2, 0) is 11.2 Å². The number of hydrogen-bond acceptors (Lipinski definition) is 4. The maximum Gasteiger partial charge on any atom is 0.336 e. The minimum Gasteiger partial charge on any atom is -0.478 e. The summed E-state index contributed by atoms with van der Waals surface area (Å²) in [5.41, 5.74) is 0.862. The number of nitrogens with one attached hydrogen (secondary N) is 1. The molecule has 0 aliphatic rings. The second kappa shape index (κ2) is 5.87. The third kappa shape index (κ3) is 3.45. The van der Waals surface area contributed by atoms with Gasteiger partial charge >= 0.3 is 5.97 Å². The van der Waals surface area contributed by atoms with Crippen LogP contribution in [0, 0.1) is 0 Å². The third-order valence-electron chi connectivity index (χ3n) is 2.64. The SMILES string of the molecule is CC(C)n1ccc(CC(=O)Nc2cc(C(=O)O)cs2)n1. The number of thiophene rings is 1. The van der Waals surface area contributed by atoms with Gasteiger partial charge in [-0.2, -0.15) is 5.10 Å². The van der Waals surface area contributed by atoms with Gasteiger partial charge in [-0.05, 0) is 26.0 Å². The van der Waals surface area contributed by atoms with Gasteiger partial charge in [0.25, 0.3) is 0 Å². The third-order valence-corrected chi connectivity index (χ3v) is 3.49. The minimum absolute atomic E-state index is 0.167. The Kier molecular flexibility index (Phi) is 4.19. The molecule has 2 N–H and O–H groups in total. The minimum atomic E-state index is -1.00.